The van der Waals surface area contributed by atoms with E-state index in [4.69, 9.17) is 0 Å². The van der Waals surface area contributed by atoms with Gasteiger partial charge in [-0.3, -0.25) is 0 Å². The molecule has 1 nitrogen and oxygen atoms in total. The van der Waals surface area contributed by atoms with Gasteiger partial charge in [0.2, 0.25) is 6.71 Å². The van der Waals surface area contributed by atoms with Crippen molar-refractivity contribution in [1.82, 2.24) is 4.90 Å². The van der Waals surface area contributed by atoms with Crippen molar-refractivity contribution in [1.29, 1.82) is 0 Å². The van der Waals surface area contributed by atoms with Gasteiger partial charge >= 0.3 is 12.4 Å². The van der Waals surface area contributed by atoms with Crippen molar-refractivity contribution in [2.75, 3.05) is 20.6 Å². The summed E-state index contributed by atoms with van der Waals surface area (Å²) in [5, 5.41) is 0. The van der Waals surface area contributed by atoms with Crippen LogP contribution in [-0.2, 0) is 12.4 Å². The molecule has 2 aromatic rings. The summed E-state index contributed by atoms with van der Waals surface area (Å²) in [6.45, 7) is 0.356. The highest BCUT2D eigenvalue weighted by atomic mass is 19.4. The smallest absolute Gasteiger partial charge is 0.310 e. The van der Waals surface area contributed by atoms with Crippen molar-refractivity contribution in [2.45, 2.75) is 18.7 Å². The zero-order valence-electron chi connectivity index (χ0n) is 14.3. The van der Waals surface area contributed by atoms with Crippen molar-refractivity contribution in [3.63, 3.8) is 0 Å². The molecular formula is C18H18BF6N. The number of alkyl halides is 6. The molecule has 0 fully saturated rings. The minimum absolute atomic E-state index is 0.290. The highest BCUT2D eigenvalue weighted by molar-refractivity contribution is 6.85. The van der Waals surface area contributed by atoms with Gasteiger partial charge < -0.3 is 4.90 Å². The molecule has 2 rings (SSSR count). The number of hydrogen-bond donors (Lipinski definition) is 0. The first-order valence-corrected chi connectivity index (χ1v) is 7.97. The lowest BCUT2D eigenvalue weighted by molar-refractivity contribution is -0.138. The minimum Gasteiger partial charge on any atom is -0.310 e. The van der Waals surface area contributed by atoms with E-state index in [2.05, 4.69) is 0 Å². The van der Waals surface area contributed by atoms with E-state index in [1.54, 1.807) is 0 Å². The van der Waals surface area contributed by atoms with Gasteiger partial charge in [0.25, 0.3) is 0 Å². The maximum Gasteiger partial charge on any atom is 0.416 e. The molecule has 0 aromatic heterocycles. The molecule has 0 bridgehead atoms. The fourth-order valence-electron chi connectivity index (χ4n) is 2.72. The SMILES string of the molecule is CN(C)CCB(c1ccc(C(F)(F)F)cc1)c1ccc(C(F)(F)F)cc1. The summed E-state index contributed by atoms with van der Waals surface area (Å²) >= 11 is 0. The van der Waals surface area contributed by atoms with Gasteiger partial charge in [-0.15, -0.1) is 0 Å². The third kappa shape index (κ3) is 5.27. The van der Waals surface area contributed by atoms with Crippen LogP contribution >= 0.6 is 0 Å². The van der Waals surface area contributed by atoms with Crippen LogP contribution in [0.3, 0.4) is 0 Å². The molecule has 2 aromatic carbocycles. The number of rotatable bonds is 5. The summed E-state index contributed by atoms with van der Waals surface area (Å²) in [5.41, 5.74) is -0.223. The second kappa shape index (κ2) is 7.74. The van der Waals surface area contributed by atoms with Gasteiger partial charge in [0.15, 0.2) is 0 Å². The highest BCUT2D eigenvalue weighted by Gasteiger charge is 2.32. The second-order valence-electron chi connectivity index (χ2n) is 6.38. The fourth-order valence-corrected chi connectivity index (χ4v) is 2.72. The number of benzene rings is 2. The van der Waals surface area contributed by atoms with Crippen LogP contribution in [0.4, 0.5) is 26.3 Å². The monoisotopic (exact) mass is 373 g/mol. The first-order chi connectivity index (χ1) is 12.0. The molecule has 0 saturated heterocycles. The Bertz CT molecular complexity index is 647. The summed E-state index contributed by atoms with van der Waals surface area (Å²) in [4.78, 5) is 1.92. The number of hydrogen-bond acceptors (Lipinski definition) is 1. The highest BCUT2D eigenvalue weighted by Crippen LogP contribution is 2.29. The maximum absolute atomic E-state index is 12.7. The molecule has 0 N–H and O–H groups in total. The molecule has 0 spiro atoms. The minimum atomic E-state index is -4.42. The van der Waals surface area contributed by atoms with Crippen molar-refractivity contribution in [3.8, 4) is 0 Å². The summed E-state index contributed by atoms with van der Waals surface area (Å²) in [6, 6.07) is 9.57. The van der Waals surface area contributed by atoms with Crippen molar-refractivity contribution in [2.24, 2.45) is 0 Å². The van der Waals surface area contributed by atoms with Gasteiger partial charge in [0.1, 0.15) is 0 Å². The Morgan fingerprint density at radius 1 is 0.692 bits per heavy atom. The Kier molecular flexibility index (Phi) is 6.06. The molecule has 0 heterocycles. The van der Waals surface area contributed by atoms with Crippen molar-refractivity contribution in [3.05, 3.63) is 59.7 Å². The Hall–Kier alpha value is -1.96. The third-order valence-corrected chi connectivity index (χ3v) is 4.15. The Morgan fingerprint density at radius 3 is 1.31 bits per heavy atom. The van der Waals surface area contributed by atoms with E-state index in [0.717, 1.165) is 24.3 Å². The fraction of sp³-hybridized carbons (Fsp3) is 0.333. The van der Waals surface area contributed by atoms with Crippen LogP contribution in [0.1, 0.15) is 11.1 Å². The van der Waals surface area contributed by atoms with Crippen LogP contribution in [0.5, 0.6) is 0 Å². The lowest BCUT2D eigenvalue weighted by atomic mass is 9.38. The van der Waals surface area contributed by atoms with E-state index in [0.29, 0.717) is 23.8 Å². The summed E-state index contributed by atoms with van der Waals surface area (Å²) in [7, 11) is 3.72. The molecule has 0 saturated carbocycles. The molecule has 26 heavy (non-hydrogen) atoms. The van der Waals surface area contributed by atoms with Gasteiger partial charge in [0, 0.05) is 0 Å². The number of halogens is 6. The van der Waals surface area contributed by atoms with Crippen LogP contribution in [0.2, 0.25) is 6.32 Å². The standard InChI is InChI=1S/C18H18BF6N/c1-26(2)12-11-19(15-7-3-13(4-8-15)17(20,21)22)16-9-5-14(6-10-16)18(23,24)25/h3-10H,11-12H2,1-2H3. The van der Waals surface area contributed by atoms with E-state index in [9.17, 15) is 26.3 Å². The summed E-state index contributed by atoms with van der Waals surface area (Å²) in [6.07, 6.45) is -8.28. The average molecular weight is 373 g/mol. The van der Waals surface area contributed by atoms with Crippen molar-refractivity contribution < 1.29 is 26.3 Å². The van der Waals surface area contributed by atoms with E-state index in [-0.39, 0.29) is 6.71 Å². The Labute approximate surface area is 148 Å². The van der Waals surface area contributed by atoms with Crippen LogP contribution < -0.4 is 10.9 Å². The van der Waals surface area contributed by atoms with E-state index in [1.807, 2.05) is 19.0 Å². The molecule has 0 unspecified atom stereocenters. The molecule has 0 atom stereocenters. The molecule has 0 aliphatic heterocycles. The first kappa shape index (κ1) is 20.4. The van der Waals surface area contributed by atoms with Crippen LogP contribution in [0.25, 0.3) is 0 Å². The molecule has 8 heteroatoms. The van der Waals surface area contributed by atoms with Gasteiger partial charge in [-0.05, 0) is 20.6 Å². The lowest BCUT2D eigenvalue weighted by Crippen LogP contribution is -2.44. The molecule has 140 valence electrons. The Morgan fingerprint density at radius 2 is 1.04 bits per heavy atom. The lowest BCUT2D eigenvalue weighted by Gasteiger charge is -2.19. The molecule has 0 aliphatic rings. The number of nitrogens with zero attached hydrogens (tertiary/aromatic N) is 1. The van der Waals surface area contributed by atoms with Crippen LogP contribution in [0, 0.1) is 0 Å². The van der Waals surface area contributed by atoms with Gasteiger partial charge in [0.05, 0.1) is 11.1 Å². The molecule has 0 aliphatic carbocycles. The van der Waals surface area contributed by atoms with Gasteiger partial charge in [-0.2, -0.15) is 26.3 Å². The zero-order valence-corrected chi connectivity index (χ0v) is 14.3. The van der Waals surface area contributed by atoms with E-state index < -0.39 is 23.5 Å². The predicted molar refractivity (Wildman–Crippen MR) is 91.3 cm³/mol. The third-order valence-electron chi connectivity index (χ3n) is 4.15. The van der Waals surface area contributed by atoms with E-state index in [1.165, 1.54) is 24.3 Å². The van der Waals surface area contributed by atoms with Crippen LogP contribution in [0.15, 0.2) is 48.5 Å². The topological polar surface area (TPSA) is 3.24 Å². The molecule has 0 radical (unpaired) electrons. The predicted octanol–water partition coefficient (Wildman–Crippen LogP) is 3.89. The molecule has 0 amide bonds. The van der Waals surface area contributed by atoms with Crippen LogP contribution in [-0.4, -0.2) is 32.3 Å². The average Bonchev–Trinajstić information content (AvgIpc) is 2.54. The quantitative estimate of drug-likeness (QED) is 0.568. The summed E-state index contributed by atoms with van der Waals surface area (Å²) < 4.78 is 76.4. The van der Waals surface area contributed by atoms with Crippen molar-refractivity contribution >= 4 is 17.6 Å². The second-order valence-corrected chi connectivity index (χ2v) is 6.38. The zero-order chi connectivity index (χ0) is 19.5. The van der Waals surface area contributed by atoms with E-state index >= 15 is 0 Å². The molecular weight excluding hydrogens is 355 g/mol. The van der Waals surface area contributed by atoms with Gasteiger partial charge in [-0.1, -0.05) is 65.8 Å². The maximum atomic E-state index is 12.7. The summed E-state index contributed by atoms with van der Waals surface area (Å²) in [5.74, 6) is 0. The largest absolute Gasteiger partial charge is 0.416 e. The van der Waals surface area contributed by atoms with Gasteiger partial charge in [-0.25, -0.2) is 0 Å². The Balaban J connectivity index is 2.34. The first-order valence-electron chi connectivity index (χ1n) is 7.97. The normalized spacial score (nSPS) is 12.5.